The minimum Gasteiger partial charge on any atom is -0.393 e. The van der Waals surface area contributed by atoms with Crippen LogP contribution in [-0.4, -0.2) is 41.9 Å². The zero-order chi connectivity index (χ0) is 16.7. The summed E-state index contributed by atoms with van der Waals surface area (Å²) < 4.78 is 1.70. The monoisotopic (exact) mass is 326 g/mol. The lowest BCUT2D eigenvalue weighted by atomic mass is 9.75. The summed E-state index contributed by atoms with van der Waals surface area (Å²) in [7, 11) is 1.84. The van der Waals surface area contributed by atoms with E-state index in [-0.39, 0.29) is 29.8 Å². The van der Waals surface area contributed by atoms with Gasteiger partial charge in [-0.25, -0.2) is 9.97 Å². The van der Waals surface area contributed by atoms with Crippen LogP contribution in [-0.2, 0) is 7.05 Å². The van der Waals surface area contributed by atoms with Gasteiger partial charge in [0.05, 0.1) is 23.9 Å². The predicted octanol–water partition coefficient (Wildman–Crippen LogP) is 0.933. The van der Waals surface area contributed by atoms with Gasteiger partial charge in [0.1, 0.15) is 0 Å². The summed E-state index contributed by atoms with van der Waals surface area (Å²) >= 11 is 0. The van der Waals surface area contributed by atoms with Crippen molar-refractivity contribution in [3.05, 3.63) is 42.1 Å². The van der Waals surface area contributed by atoms with Gasteiger partial charge in [0.25, 0.3) is 5.91 Å². The Balaban J connectivity index is 1.58. The van der Waals surface area contributed by atoms with Gasteiger partial charge >= 0.3 is 0 Å². The van der Waals surface area contributed by atoms with Crippen LogP contribution in [0, 0.1) is 5.92 Å². The van der Waals surface area contributed by atoms with Crippen molar-refractivity contribution in [1.82, 2.24) is 30.0 Å². The number of carbonyl (C=O) groups excluding carboxylic acids is 1. The average Bonchev–Trinajstić information content (AvgIpc) is 3.15. The molecule has 124 valence electrons. The third kappa shape index (κ3) is 2.65. The van der Waals surface area contributed by atoms with Crippen LogP contribution in [0.1, 0.15) is 35.1 Å². The highest BCUT2D eigenvalue weighted by Crippen LogP contribution is 2.38. The number of aromatic amines is 1. The Hall–Kier alpha value is -2.74. The Bertz CT molecular complexity index is 846. The molecule has 8 heteroatoms. The number of aromatic nitrogens is 5. The number of nitrogens with zero attached hydrogens (tertiary/aromatic N) is 4. The van der Waals surface area contributed by atoms with Crippen LogP contribution in [0.15, 0.2) is 30.7 Å². The Morgan fingerprint density at radius 2 is 2.33 bits per heavy atom. The highest BCUT2D eigenvalue weighted by molar-refractivity contribution is 5.93. The first kappa shape index (κ1) is 14.8. The minimum absolute atomic E-state index is 0.190. The molecule has 3 aromatic rings. The van der Waals surface area contributed by atoms with Gasteiger partial charge in [0, 0.05) is 25.0 Å². The van der Waals surface area contributed by atoms with Gasteiger partial charge in [0.15, 0.2) is 11.5 Å². The standard InChI is InChI=1S/C16H18N6O2/c1-22-8-10(7-18-22)13(9-5-11(23)6-9)20-16(24)15-19-12-3-2-4-17-14(12)21-15/h2-4,7-9,11,13,23H,5-6H2,1H3,(H,20,24)(H,17,19,21)/t9?,11?,13-/m1/s1. The Labute approximate surface area is 137 Å². The van der Waals surface area contributed by atoms with Crippen LogP contribution in [0.25, 0.3) is 11.2 Å². The van der Waals surface area contributed by atoms with E-state index in [1.807, 2.05) is 19.3 Å². The summed E-state index contributed by atoms with van der Waals surface area (Å²) in [4.78, 5) is 24.0. The zero-order valence-electron chi connectivity index (χ0n) is 13.2. The molecule has 0 saturated heterocycles. The lowest BCUT2D eigenvalue weighted by Gasteiger charge is -2.37. The lowest BCUT2D eigenvalue weighted by Crippen LogP contribution is -2.41. The summed E-state index contributed by atoms with van der Waals surface area (Å²) in [6.07, 6.45) is 6.31. The molecule has 1 aliphatic carbocycles. The minimum atomic E-state index is -0.290. The molecular formula is C16H18N6O2. The number of fused-ring (bicyclic) bond motifs is 1. The summed E-state index contributed by atoms with van der Waals surface area (Å²) in [5.41, 5.74) is 2.16. The van der Waals surface area contributed by atoms with Gasteiger partial charge in [-0.1, -0.05) is 0 Å². The summed E-state index contributed by atoms with van der Waals surface area (Å²) in [6, 6.07) is 3.42. The van der Waals surface area contributed by atoms with E-state index in [1.165, 1.54) is 0 Å². The van der Waals surface area contributed by atoms with Crippen LogP contribution in [0.5, 0.6) is 0 Å². The van der Waals surface area contributed by atoms with Crippen molar-refractivity contribution < 1.29 is 9.90 Å². The third-order valence-electron chi connectivity index (χ3n) is 4.46. The van der Waals surface area contributed by atoms with E-state index >= 15 is 0 Å². The fraction of sp³-hybridized carbons (Fsp3) is 0.375. The number of H-pyrrole nitrogens is 1. The van der Waals surface area contributed by atoms with Gasteiger partial charge in [-0.2, -0.15) is 5.10 Å². The van der Waals surface area contributed by atoms with Crippen molar-refractivity contribution in [2.45, 2.75) is 25.0 Å². The Morgan fingerprint density at radius 3 is 3.00 bits per heavy atom. The van der Waals surface area contributed by atoms with Crippen LogP contribution in [0.3, 0.4) is 0 Å². The SMILES string of the molecule is Cn1cc([C@H](NC(=O)c2nc3ncccc3[nH]2)C2CC(O)C2)cn1. The fourth-order valence-electron chi connectivity index (χ4n) is 3.14. The number of aliphatic hydroxyl groups is 1. The second-order valence-electron chi connectivity index (χ2n) is 6.24. The number of aryl methyl sites for hydroxylation is 1. The lowest BCUT2D eigenvalue weighted by molar-refractivity contribution is 0.0234. The maximum Gasteiger partial charge on any atom is 0.287 e. The molecule has 1 amide bonds. The topological polar surface area (TPSA) is 109 Å². The number of pyridine rings is 1. The maximum atomic E-state index is 12.6. The molecule has 0 unspecified atom stereocenters. The van der Waals surface area contributed by atoms with Crippen molar-refractivity contribution in [3.63, 3.8) is 0 Å². The maximum absolute atomic E-state index is 12.6. The molecule has 0 spiro atoms. The highest BCUT2D eigenvalue weighted by atomic mass is 16.3. The molecular weight excluding hydrogens is 308 g/mol. The third-order valence-corrected chi connectivity index (χ3v) is 4.46. The second kappa shape index (κ2) is 5.72. The van der Waals surface area contributed by atoms with E-state index in [1.54, 1.807) is 23.1 Å². The van der Waals surface area contributed by atoms with Gasteiger partial charge < -0.3 is 15.4 Å². The van der Waals surface area contributed by atoms with E-state index in [0.29, 0.717) is 18.5 Å². The largest absolute Gasteiger partial charge is 0.393 e. The van der Waals surface area contributed by atoms with E-state index in [0.717, 1.165) is 11.1 Å². The summed E-state index contributed by atoms with van der Waals surface area (Å²) in [5.74, 6) is 0.136. The molecule has 8 nitrogen and oxygen atoms in total. The number of hydrogen-bond donors (Lipinski definition) is 3. The van der Waals surface area contributed by atoms with Gasteiger partial charge in [-0.15, -0.1) is 0 Å². The molecule has 0 aromatic carbocycles. The Morgan fingerprint density at radius 1 is 1.50 bits per heavy atom. The number of carbonyl (C=O) groups is 1. The smallest absolute Gasteiger partial charge is 0.287 e. The Kier molecular flexibility index (Phi) is 3.53. The zero-order valence-corrected chi connectivity index (χ0v) is 13.2. The number of amides is 1. The summed E-state index contributed by atoms with van der Waals surface area (Å²) in [6.45, 7) is 0. The quantitative estimate of drug-likeness (QED) is 0.661. The van der Waals surface area contributed by atoms with Crippen LogP contribution in [0.2, 0.25) is 0 Å². The molecule has 1 aliphatic rings. The van der Waals surface area contributed by atoms with Crippen LogP contribution >= 0.6 is 0 Å². The first-order chi connectivity index (χ1) is 11.6. The van der Waals surface area contributed by atoms with E-state index in [4.69, 9.17) is 0 Å². The molecule has 3 N–H and O–H groups in total. The van der Waals surface area contributed by atoms with Crippen LogP contribution in [0.4, 0.5) is 0 Å². The van der Waals surface area contributed by atoms with Crippen LogP contribution < -0.4 is 5.32 Å². The number of imidazole rings is 1. The van der Waals surface area contributed by atoms with E-state index < -0.39 is 0 Å². The van der Waals surface area contributed by atoms with E-state index in [2.05, 4.69) is 25.4 Å². The molecule has 3 heterocycles. The molecule has 0 radical (unpaired) electrons. The molecule has 4 rings (SSSR count). The molecule has 1 fully saturated rings. The van der Waals surface area contributed by atoms with E-state index in [9.17, 15) is 9.90 Å². The average molecular weight is 326 g/mol. The highest BCUT2D eigenvalue weighted by Gasteiger charge is 2.36. The number of aliphatic hydroxyl groups excluding tert-OH is 1. The molecule has 0 bridgehead atoms. The number of hydrogen-bond acceptors (Lipinski definition) is 5. The number of nitrogens with one attached hydrogen (secondary N) is 2. The van der Waals surface area contributed by atoms with Crippen molar-refractivity contribution in [3.8, 4) is 0 Å². The first-order valence-electron chi connectivity index (χ1n) is 7.88. The predicted molar refractivity (Wildman–Crippen MR) is 86.0 cm³/mol. The summed E-state index contributed by atoms with van der Waals surface area (Å²) in [5, 5.41) is 16.8. The van der Waals surface area contributed by atoms with Gasteiger partial charge in [-0.3, -0.25) is 9.48 Å². The number of rotatable bonds is 4. The van der Waals surface area contributed by atoms with Crippen molar-refractivity contribution in [2.24, 2.45) is 13.0 Å². The van der Waals surface area contributed by atoms with Gasteiger partial charge in [0.2, 0.25) is 0 Å². The molecule has 0 aliphatic heterocycles. The molecule has 24 heavy (non-hydrogen) atoms. The molecule has 1 saturated carbocycles. The molecule has 3 aromatic heterocycles. The van der Waals surface area contributed by atoms with Crippen molar-refractivity contribution in [2.75, 3.05) is 0 Å². The normalized spacial score (nSPS) is 21.4. The fourth-order valence-corrected chi connectivity index (χ4v) is 3.14. The molecule has 1 atom stereocenters. The second-order valence-corrected chi connectivity index (χ2v) is 6.24. The van der Waals surface area contributed by atoms with Crippen molar-refractivity contribution in [1.29, 1.82) is 0 Å². The van der Waals surface area contributed by atoms with Crippen molar-refractivity contribution >= 4 is 17.1 Å². The first-order valence-corrected chi connectivity index (χ1v) is 7.88. The van der Waals surface area contributed by atoms with Gasteiger partial charge in [-0.05, 0) is 30.9 Å².